The minimum atomic E-state index is -1.64. The van der Waals surface area contributed by atoms with Crippen molar-refractivity contribution < 1.29 is 24.3 Å². The van der Waals surface area contributed by atoms with Gasteiger partial charge in [-0.05, 0) is 51.7 Å². The highest BCUT2D eigenvalue weighted by Gasteiger charge is 2.69. The number of nitrogens with one attached hydrogen (secondary N) is 2. The number of carbonyl (C=O) groups is 4. The van der Waals surface area contributed by atoms with Gasteiger partial charge in [0.1, 0.15) is 5.54 Å². The number of carboxylic acid groups (broad SMARTS) is 1. The number of carboxylic acids is 1. The first-order valence-corrected chi connectivity index (χ1v) is 10.4. The van der Waals surface area contributed by atoms with E-state index in [2.05, 4.69) is 10.6 Å². The quantitative estimate of drug-likeness (QED) is 0.396. The van der Waals surface area contributed by atoms with Gasteiger partial charge in [0.2, 0.25) is 11.8 Å². The molecule has 2 aliphatic heterocycles. The number of primary amides is 1. The number of urea groups is 1. The molecular formula is C22H30N4O5. The van der Waals surface area contributed by atoms with Crippen LogP contribution < -0.4 is 16.4 Å². The van der Waals surface area contributed by atoms with Crippen LogP contribution in [0, 0.1) is 18.8 Å². The number of rotatable bonds is 6. The van der Waals surface area contributed by atoms with E-state index >= 15 is 0 Å². The third-order valence-electron chi connectivity index (χ3n) is 6.28. The van der Waals surface area contributed by atoms with Crippen molar-refractivity contribution in [3.63, 3.8) is 0 Å². The zero-order chi connectivity index (χ0) is 23.1. The number of hydrogen-bond acceptors (Lipinski definition) is 5. The van der Waals surface area contributed by atoms with Crippen LogP contribution in [0.25, 0.3) is 0 Å². The third-order valence-corrected chi connectivity index (χ3v) is 6.28. The number of aliphatic carboxylic acids is 1. The van der Waals surface area contributed by atoms with E-state index in [0.717, 1.165) is 11.1 Å². The van der Waals surface area contributed by atoms with Gasteiger partial charge in [-0.2, -0.15) is 0 Å². The predicted octanol–water partition coefficient (Wildman–Crippen LogP) is 1.31. The molecule has 0 radical (unpaired) electrons. The molecule has 0 bridgehead atoms. The van der Waals surface area contributed by atoms with Gasteiger partial charge < -0.3 is 16.2 Å². The van der Waals surface area contributed by atoms with Gasteiger partial charge in [-0.3, -0.25) is 24.6 Å². The molecule has 31 heavy (non-hydrogen) atoms. The second kappa shape index (κ2) is 7.96. The van der Waals surface area contributed by atoms with E-state index in [0.29, 0.717) is 0 Å². The maximum Gasteiger partial charge on any atom is 0.324 e. The number of amides is 4. The molecule has 1 aromatic rings. The van der Waals surface area contributed by atoms with Crippen molar-refractivity contribution in [1.82, 2.24) is 15.5 Å². The summed E-state index contributed by atoms with van der Waals surface area (Å²) in [4.78, 5) is 51.8. The first-order chi connectivity index (χ1) is 14.4. The van der Waals surface area contributed by atoms with Crippen LogP contribution in [0.4, 0.5) is 4.79 Å². The maximum atomic E-state index is 13.5. The number of aryl methyl sites for hydroxylation is 1. The minimum absolute atomic E-state index is 0.0587. The van der Waals surface area contributed by atoms with Crippen molar-refractivity contribution in [2.24, 2.45) is 17.6 Å². The first-order valence-electron chi connectivity index (χ1n) is 10.4. The summed E-state index contributed by atoms with van der Waals surface area (Å²) in [6.45, 7) is 7.35. The summed E-state index contributed by atoms with van der Waals surface area (Å²) in [7, 11) is 0. The van der Waals surface area contributed by atoms with E-state index in [1.807, 2.05) is 31.2 Å². The standard InChI is InChI=1S/C22H30N4O5/c1-12-8-5-6-9-13(12)16-14-15(18(28)26(17(14)27)21(2,3)4)22(25-16,19(29)30)10-7-11-24-20(23)31/h5-6,8-9,14-16,25H,7,10-11H2,1-4H3,(H,29,30)(H3,23,24,31). The Kier molecular flexibility index (Phi) is 5.84. The van der Waals surface area contributed by atoms with Crippen LogP contribution in [0.3, 0.4) is 0 Å². The van der Waals surface area contributed by atoms with Gasteiger partial charge in [-0.15, -0.1) is 0 Å². The fourth-order valence-corrected chi connectivity index (χ4v) is 4.98. The largest absolute Gasteiger partial charge is 0.480 e. The van der Waals surface area contributed by atoms with Crippen LogP contribution in [0.2, 0.25) is 0 Å². The second-order valence-corrected chi connectivity index (χ2v) is 9.34. The van der Waals surface area contributed by atoms with Crippen LogP contribution in [0.1, 0.15) is 50.8 Å². The molecule has 9 nitrogen and oxygen atoms in total. The van der Waals surface area contributed by atoms with Crippen LogP contribution in [-0.2, 0) is 14.4 Å². The van der Waals surface area contributed by atoms with E-state index in [-0.39, 0.29) is 25.3 Å². The van der Waals surface area contributed by atoms with Crippen LogP contribution in [0.5, 0.6) is 0 Å². The number of fused-ring (bicyclic) bond motifs is 1. The zero-order valence-electron chi connectivity index (χ0n) is 18.3. The van der Waals surface area contributed by atoms with Crippen molar-refractivity contribution in [3.8, 4) is 0 Å². The average Bonchev–Trinajstić information content (AvgIpc) is 3.13. The van der Waals surface area contributed by atoms with E-state index in [9.17, 15) is 24.3 Å². The van der Waals surface area contributed by atoms with Gasteiger partial charge in [0, 0.05) is 18.1 Å². The molecule has 2 aliphatic rings. The molecule has 2 saturated heterocycles. The molecule has 3 rings (SSSR count). The highest BCUT2D eigenvalue weighted by molar-refractivity contribution is 6.10. The molecule has 2 fully saturated rings. The molecule has 0 saturated carbocycles. The van der Waals surface area contributed by atoms with Gasteiger partial charge in [0.15, 0.2) is 0 Å². The molecule has 168 valence electrons. The Morgan fingerprint density at radius 3 is 2.42 bits per heavy atom. The zero-order valence-corrected chi connectivity index (χ0v) is 18.3. The highest BCUT2D eigenvalue weighted by Crippen LogP contribution is 2.52. The second-order valence-electron chi connectivity index (χ2n) is 9.34. The van der Waals surface area contributed by atoms with E-state index < -0.39 is 46.9 Å². The minimum Gasteiger partial charge on any atom is -0.480 e. The fourth-order valence-electron chi connectivity index (χ4n) is 4.98. The summed E-state index contributed by atoms with van der Waals surface area (Å²) >= 11 is 0. The predicted molar refractivity (Wildman–Crippen MR) is 113 cm³/mol. The van der Waals surface area contributed by atoms with Crippen molar-refractivity contribution >= 4 is 23.8 Å². The summed E-state index contributed by atoms with van der Waals surface area (Å²) in [5, 5.41) is 15.9. The number of carbonyl (C=O) groups excluding carboxylic acids is 3. The summed E-state index contributed by atoms with van der Waals surface area (Å²) < 4.78 is 0. The molecule has 0 aliphatic carbocycles. The summed E-state index contributed by atoms with van der Waals surface area (Å²) in [5.41, 5.74) is 4.40. The van der Waals surface area contributed by atoms with Crippen LogP contribution >= 0.6 is 0 Å². The van der Waals surface area contributed by atoms with Crippen molar-refractivity contribution in [2.75, 3.05) is 6.54 Å². The maximum absolute atomic E-state index is 13.5. The van der Waals surface area contributed by atoms with Crippen molar-refractivity contribution in [2.45, 2.75) is 57.7 Å². The Morgan fingerprint density at radius 1 is 1.23 bits per heavy atom. The number of nitrogens with zero attached hydrogens (tertiary/aromatic N) is 1. The van der Waals surface area contributed by atoms with Gasteiger partial charge in [0.05, 0.1) is 11.8 Å². The Morgan fingerprint density at radius 2 is 1.87 bits per heavy atom. The first kappa shape index (κ1) is 22.7. The van der Waals surface area contributed by atoms with E-state index in [1.54, 1.807) is 20.8 Å². The van der Waals surface area contributed by atoms with Gasteiger partial charge >= 0.3 is 12.0 Å². The van der Waals surface area contributed by atoms with E-state index in [4.69, 9.17) is 5.73 Å². The number of hydrogen-bond donors (Lipinski definition) is 4. The van der Waals surface area contributed by atoms with Crippen molar-refractivity contribution in [3.05, 3.63) is 35.4 Å². The lowest BCUT2D eigenvalue weighted by Gasteiger charge is -2.35. The van der Waals surface area contributed by atoms with Crippen LogP contribution in [-0.4, -0.2) is 51.4 Å². The monoisotopic (exact) mass is 430 g/mol. The molecule has 1 aromatic carbocycles. The highest BCUT2D eigenvalue weighted by atomic mass is 16.4. The molecular weight excluding hydrogens is 400 g/mol. The van der Waals surface area contributed by atoms with Gasteiger partial charge in [-0.1, -0.05) is 24.3 Å². The number of likely N-dealkylation sites (tertiary alicyclic amines) is 1. The Hall–Kier alpha value is -2.94. The lowest BCUT2D eigenvalue weighted by Crippen LogP contribution is -2.57. The Bertz CT molecular complexity index is 925. The molecule has 4 unspecified atom stereocenters. The Labute approximate surface area is 181 Å². The lowest BCUT2D eigenvalue weighted by molar-refractivity contribution is -0.154. The average molecular weight is 431 g/mol. The lowest BCUT2D eigenvalue weighted by atomic mass is 9.76. The third kappa shape index (κ3) is 3.78. The molecule has 4 atom stereocenters. The van der Waals surface area contributed by atoms with E-state index in [1.165, 1.54) is 4.90 Å². The van der Waals surface area contributed by atoms with Gasteiger partial charge in [0.25, 0.3) is 0 Å². The summed E-state index contributed by atoms with van der Waals surface area (Å²) in [5.74, 6) is -3.89. The molecule has 9 heteroatoms. The van der Waals surface area contributed by atoms with Crippen molar-refractivity contribution in [1.29, 1.82) is 0 Å². The number of nitrogens with two attached hydrogens (primary N) is 1. The fraction of sp³-hybridized carbons (Fsp3) is 0.545. The number of imide groups is 1. The molecule has 0 aromatic heterocycles. The number of benzene rings is 1. The molecule has 2 heterocycles. The molecule has 5 N–H and O–H groups in total. The van der Waals surface area contributed by atoms with Gasteiger partial charge in [-0.25, -0.2) is 4.79 Å². The molecule has 0 spiro atoms. The SMILES string of the molecule is Cc1ccccc1C1NC(CCCNC(N)=O)(C(=O)O)C2C(=O)N(C(C)(C)C)C(=O)C12. The summed E-state index contributed by atoms with van der Waals surface area (Å²) in [6, 6.07) is 6.13. The summed E-state index contributed by atoms with van der Waals surface area (Å²) in [6.07, 6.45) is 0.339. The smallest absolute Gasteiger partial charge is 0.324 e. The topological polar surface area (TPSA) is 142 Å². The molecule has 4 amide bonds. The van der Waals surface area contributed by atoms with Crippen LogP contribution in [0.15, 0.2) is 24.3 Å². The normalized spacial score (nSPS) is 28.0. The Balaban J connectivity index is 2.08.